The number of morpholine rings is 1. The van der Waals surface area contributed by atoms with E-state index in [1.807, 2.05) is 25.1 Å². The molecule has 0 amide bonds. The predicted molar refractivity (Wildman–Crippen MR) is 118 cm³/mol. The summed E-state index contributed by atoms with van der Waals surface area (Å²) in [6, 6.07) is 11.5. The molecular formula is C21H22N4O4S2. The molecule has 0 radical (unpaired) electrons. The van der Waals surface area contributed by atoms with E-state index < -0.39 is 16.1 Å². The summed E-state index contributed by atoms with van der Waals surface area (Å²) >= 11 is 1.53. The van der Waals surface area contributed by atoms with Crippen LogP contribution < -0.4 is 5.32 Å². The molecule has 2 aromatic heterocycles. The normalized spacial score (nSPS) is 17.4. The van der Waals surface area contributed by atoms with Crippen LogP contribution in [0.3, 0.4) is 0 Å². The highest BCUT2D eigenvalue weighted by molar-refractivity contribution is 7.89. The second-order valence-electron chi connectivity index (χ2n) is 7.15. The van der Waals surface area contributed by atoms with Gasteiger partial charge in [0.25, 0.3) is 0 Å². The number of thiazole rings is 1. The van der Waals surface area contributed by atoms with Crippen molar-refractivity contribution in [1.29, 1.82) is 0 Å². The van der Waals surface area contributed by atoms with Crippen molar-refractivity contribution in [2.75, 3.05) is 25.0 Å². The minimum atomic E-state index is -3.71. The van der Waals surface area contributed by atoms with Gasteiger partial charge in [0.05, 0.1) is 17.2 Å². The van der Waals surface area contributed by atoms with E-state index in [0.29, 0.717) is 17.1 Å². The van der Waals surface area contributed by atoms with Crippen LogP contribution in [0.4, 0.5) is 10.9 Å². The monoisotopic (exact) mass is 458 g/mol. The zero-order valence-electron chi connectivity index (χ0n) is 17.1. The maximum atomic E-state index is 13.1. The fraction of sp³-hybridized carbons (Fsp3) is 0.286. The van der Waals surface area contributed by atoms with Crippen molar-refractivity contribution < 1.29 is 17.9 Å². The number of nitrogens with zero attached hydrogens (tertiary/aromatic N) is 3. The first-order chi connectivity index (χ1) is 14.8. The highest BCUT2D eigenvalue weighted by atomic mass is 32.2. The number of sulfonamides is 1. The fourth-order valence-electron chi connectivity index (χ4n) is 3.26. The molecule has 10 heteroatoms. The van der Waals surface area contributed by atoms with Crippen molar-refractivity contribution in [3.63, 3.8) is 0 Å². The summed E-state index contributed by atoms with van der Waals surface area (Å²) in [5.41, 5.74) is 1.12. The van der Waals surface area contributed by atoms with E-state index in [9.17, 15) is 13.2 Å². The number of ether oxygens (including phenoxy) is 1. The summed E-state index contributed by atoms with van der Waals surface area (Å²) in [6.07, 6.45) is 1.30. The van der Waals surface area contributed by atoms with Gasteiger partial charge in [-0.2, -0.15) is 4.31 Å². The summed E-state index contributed by atoms with van der Waals surface area (Å²) in [7, 11) is -3.71. The minimum Gasteiger partial charge on any atom is -0.369 e. The largest absolute Gasteiger partial charge is 0.369 e. The molecule has 0 spiro atoms. The van der Waals surface area contributed by atoms with Gasteiger partial charge in [0.15, 0.2) is 10.9 Å². The molecule has 162 valence electrons. The molecule has 1 aliphatic rings. The Labute approximate surface area is 185 Å². The third-order valence-corrected chi connectivity index (χ3v) is 7.59. The predicted octanol–water partition coefficient (Wildman–Crippen LogP) is 3.55. The average molecular weight is 459 g/mol. The molecule has 1 aliphatic heterocycles. The van der Waals surface area contributed by atoms with Crippen LogP contribution in [0.5, 0.6) is 0 Å². The van der Waals surface area contributed by atoms with Gasteiger partial charge in [-0.3, -0.25) is 4.79 Å². The quantitative estimate of drug-likeness (QED) is 0.564. The number of anilines is 2. The highest BCUT2D eigenvalue weighted by Gasteiger charge is 2.32. The molecule has 0 bridgehead atoms. The van der Waals surface area contributed by atoms with Crippen LogP contribution in [-0.2, 0) is 14.8 Å². The van der Waals surface area contributed by atoms with E-state index in [2.05, 4.69) is 15.3 Å². The third kappa shape index (κ3) is 4.82. The van der Waals surface area contributed by atoms with Gasteiger partial charge >= 0.3 is 0 Å². The van der Waals surface area contributed by atoms with Gasteiger partial charge < -0.3 is 10.1 Å². The number of hydrogen-bond acceptors (Lipinski definition) is 8. The molecule has 4 rings (SSSR count). The molecule has 3 aromatic rings. The molecule has 1 unspecified atom stereocenters. The molecule has 1 N–H and O–H groups in total. The van der Waals surface area contributed by atoms with Gasteiger partial charge in [-0.15, -0.1) is 11.3 Å². The number of Topliss-reactive ketones (excluding diaryl/α,β-unsaturated/α-hetero) is 1. The van der Waals surface area contributed by atoms with Gasteiger partial charge in [0.2, 0.25) is 10.0 Å². The molecule has 0 saturated carbocycles. The number of hydrogen-bond donors (Lipinski definition) is 1. The molecule has 1 aromatic carbocycles. The van der Waals surface area contributed by atoms with Crippen LogP contribution in [0.25, 0.3) is 0 Å². The molecule has 1 fully saturated rings. The lowest BCUT2D eigenvalue weighted by Crippen LogP contribution is -2.42. The van der Waals surface area contributed by atoms with Crippen LogP contribution in [0.1, 0.15) is 34.0 Å². The second kappa shape index (κ2) is 8.83. The smallest absolute Gasteiger partial charge is 0.243 e. The van der Waals surface area contributed by atoms with Gasteiger partial charge in [-0.1, -0.05) is 18.2 Å². The molecule has 1 atom stereocenters. The van der Waals surface area contributed by atoms with E-state index in [4.69, 9.17) is 4.74 Å². The first-order valence-corrected chi connectivity index (χ1v) is 12.0. The number of carbonyl (C=O) groups excluding carboxylic acids is 1. The zero-order valence-corrected chi connectivity index (χ0v) is 18.7. The standard InChI is InChI=1S/C21H22N4O4S2/c1-14-12-22-21(30-14)24-20-5-3-4-18(23-20)19-13-25(10-11-29-19)31(27,28)17-8-6-16(7-9-17)15(2)26/h3-9,12,19H,10-11,13H2,1-2H3,(H,22,23,24). The van der Waals surface area contributed by atoms with Crippen molar-refractivity contribution in [2.45, 2.75) is 24.8 Å². The topological polar surface area (TPSA) is 101 Å². The maximum absolute atomic E-state index is 13.1. The highest BCUT2D eigenvalue weighted by Crippen LogP contribution is 2.27. The van der Waals surface area contributed by atoms with Gasteiger partial charge in [-0.05, 0) is 38.1 Å². The number of carbonyl (C=O) groups is 1. The Hall–Kier alpha value is -2.66. The van der Waals surface area contributed by atoms with E-state index >= 15 is 0 Å². The van der Waals surface area contributed by atoms with E-state index in [1.54, 1.807) is 6.20 Å². The van der Waals surface area contributed by atoms with Gasteiger partial charge in [0.1, 0.15) is 11.9 Å². The Bertz CT molecular complexity index is 1190. The maximum Gasteiger partial charge on any atom is 0.243 e. The number of ketones is 1. The van der Waals surface area contributed by atoms with Crippen LogP contribution in [0.2, 0.25) is 0 Å². The Morgan fingerprint density at radius 2 is 2.00 bits per heavy atom. The third-order valence-electron chi connectivity index (χ3n) is 4.88. The van der Waals surface area contributed by atoms with Crippen molar-refractivity contribution in [2.24, 2.45) is 0 Å². The SMILES string of the molecule is CC(=O)c1ccc(S(=O)(=O)N2CCOC(c3cccc(Nc4ncc(C)s4)n3)C2)cc1. The van der Waals surface area contributed by atoms with Crippen molar-refractivity contribution in [3.05, 3.63) is 64.8 Å². The Morgan fingerprint density at radius 1 is 1.23 bits per heavy atom. The van der Waals surface area contributed by atoms with Crippen LogP contribution in [0, 0.1) is 6.92 Å². The molecule has 3 heterocycles. The number of nitrogens with one attached hydrogen (secondary N) is 1. The number of benzene rings is 1. The zero-order chi connectivity index (χ0) is 22.0. The van der Waals surface area contributed by atoms with E-state index in [1.165, 1.54) is 46.8 Å². The summed E-state index contributed by atoms with van der Waals surface area (Å²) in [5.74, 6) is 0.512. The van der Waals surface area contributed by atoms with Crippen molar-refractivity contribution >= 4 is 38.1 Å². The molecule has 1 saturated heterocycles. The Morgan fingerprint density at radius 3 is 2.68 bits per heavy atom. The summed E-state index contributed by atoms with van der Waals surface area (Å²) in [5, 5.41) is 3.91. The van der Waals surface area contributed by atoms with Crippen molar-refractivity contribution in [1.82, 2.24) is 14.3 Å². The lowest BCUT2D eigenvalue weighted by molar-refractivity contribution is -0.00486. The summed E-state index contributed by atoms with van der Waals surface area (Å²) < 4.78 is 33.4. The van der Waals surface area contributed by atoms with Gasteiger partial charge in [0, 0.05) is 29.7 Å². The van der Waals surface area contributed by atoms with Gasteiger partial charge in [-0.25, -0.2) is 18.4 Å². The number of rotatable bonds is 6. The number of aryl methyl sites for hydroxylation is 1. The number of pyridine rings is 1. The van der Waals surface area contributed by atoms with Crippen LogP contribution in [-0.4, -0.2) is 48.2 Å². The van der Waals surface area contributed by atoms with E-state index in [0.717, 1.165) is 10.0 Å². The van der Waals surface area contributed by atoms with Crippen LogP contribution in [0.15, 0.2) is 53.6 Å². The first-order valence-electron chi connectivity index (χ1n) is 9.72. The molecular weight excluding hydrogens is 436 g/mol. The molecule has 31 heavy (non-hydrogen) atoms. The minimum absolute atomic E-state index is 0.108. The second-order valence-corrected chi connectivity index (χ2v) is 10.3. The van der Waals surface area contributed by atoms with E-state index in [-0.39, 0.29) is 30.4 Å². The lowest BCUT2D eigenvalue weighted by Gasteiger charge is -2.32. The summed E-state index contributed by atoms with van der Waals surface area (Å²) in [6.45, 7) is 4.10. The molecule has 8 nitrogen and oxygen atoms in total. The van der Waals surface area contributed by atoms with Crippen LogP contribution >= 0.6 is 11.3 Å². The number of aromatic nitrogens is 2. The molecule has 0 aliphatic carbocycles. The first kappa shape index (κ1) is 21.6. The van der Waals surface area contributed by atoms with Crippen molar-refractivity contribution in [3.8, 4) is 0 Å². The average Bonchev–Trinajstić information content (AvgIpc) is 3.18. The Balaban J connectivity index is 1.51. The summed E-state index contributed by atoms with van der Waals surface area (Å²) in [4.78, 5) is 21.6. The fourth-order valence-corrected chi connectivity index (χ4v) is 5.35. The Kier molecular flexibility index (Phi) is 6.15. The lowest BCUT2D eigenvalue weighted by atomic mass is 10.2.